The van der Waals surface area contributed by atoms with Gasteiger partial charge in [-0.3, -0.25) is 0 Å². The first kappa shape index (κ1) is 13.8. The van der Waals surface area contributed by atoms with Crippen molar-refractivity contribution in [3.05, 3.63) is 41.2 Å². The second-order valence-corrected chi connectivity index (χ2v) is 3.96. The molecule has 0 nitrogen and oxygen atoms in total. The predicted molar refractivity (Wildman–Crippen MR) is 64.0 cm³/mol. The van der Waals surface area contributed by atoms with E-state index in [0.29, 0.717) is 11.5 Å². The Bertz CT molecular complexity index is 398. The molecule has 0 heterocycles. The van der Waals surface area contributed by atoms with E-state index in [1.54, 1.807) is 0 Å². The molecule has 17 heavy (non-hydrogen) atoms. The molecule has 0 bridgehead atoms. The van der Waals surface area contributed by atoms with E-state index in [0.717, 1.165) is 30.5 Å². The fourth-order valence-electron chi connectivity index (χ4n) is 1.87. The zero-order chi connectivity index (χ0) is 13.0. The van der Waals surface area contributed by atoms with Crippen molar-refractivity contribution in [3.8, 4) is 0 Å². The van der Waals surface area contributed by atoms with Gasteiger partial charge in [-0.15, -0.1) is 0 Å². The van der Waals surface area contributed by atoms with Crippen molar-refractivity contribution >= 4 is 5.57 Å². The SMILES string of the molecule is CC.CC1C=C(c2cc(F)c(F)c(F)c2)CC1. The highest BCUT2D eigenvalue weighted by Crippen LogP contribution is 2.32. The summed E-state index contributed by atoms with van der Waals surface area (Å²) in [5.74, 6) is -3.21. The lowest BCUT2D eigenvalue weighted by molar-refractivity contribution is 0.446. The van der Waals surface area contributed by atoms with E-state index in [4.69, 9.17) is 0 Å². The van der Waals surface area contributed by atoms with Crippen molar-refractivity contribution in [1.82, 2.24) is 0 Å². The third-order valence-corrected chi connectivity index (χ3v) is 2.71. The van der Waals surface area contributed by atoms with Crippen molar-refractivity contribution in [3.63, 3.8) is 0 Å². The Kier molecular flexibility index (Phi) is 4.79. The molecule has 0 N–H and O–H groups in total. The summed E-state index contributed by atoms with van der Waals surface area (Å²) < 4.78 is 38.6. The highest BCUT2D eigenvalue weighted by atomic mass is 19.2. The molecular formula is C14H17F3. The van der Waals surface area contributed by atoms with Gasteiger partial charge in [0, 0.05) is 0 Å². The molecule has 0 amide bonds. The van der Waals surface area contributed by atoms with Crippen LogP contribution < -0.4 is 0 Å². The van der Waals surface area contributed by atoms with Gasteiger partial charge >= 0.3 is 0 Å². The fourth-order valence-corrected chi connectivity index (χ4v) is 1.87. The Hall–Kier alpha value is -1.25. The molecule has 1 aromatic carbocycles. The zero-order valence-electron chi connectivity index (χ0n) is 10.4. The third kappa shape index (κ3) is 3.11. The minimum atomic E-state index is -1.40. The molecule has 0 spiro atoms. The van der Waals surface area contributed by atoms with Crippen LogP contribution in [0.2, 0.25) is 0 Å². The number of allylic oxidation sites excluding steroid dienone is 2. The van der Waals surface area contributed by atoms with Gasteiger partial charge in [0.1, 0.15) is 0 Å². The standard InChI is InChI=1S/C12H11F3.C2H6/c1-7-2-3-8(4-7)9-5-10(13)12(15)11(14)6-9;1-2/h4-7H,2-3H2,1H3;1-2H3. The van der Waals surface area contributed by atoms with Crippen LogP contribution in [0.15, 0.2) is 18.2 Å². The van der Waals surface area contributed by atoms with Crippen LogP contribution in [0.4, 0.5) is 13.2 Å². The molecule has 2 rings (SSSR count). The molecule has 1 unspecified atom stereocenters. The van der Waals surface area contributed by atoms with Gasteiger partial charge in [0.25, 0.3) is 0 Å². The van der Waals surface area contributed by atoms with Crippen LogP contribution in [0.5, 0.6) is 0 Å². The maximum Gasteiger partial charge on any atom is 0.194 e. The number of hydrogen-bond acceptors (Lipinski definition) is 0. The van der Waals surface area contributed by atoms with E-state index in [9.17, 15) is 13.2 Å². The first-order chi connectivity index (χ1) is 8.08. The molecular weight excluding hydrogens is 225 g/mol. The van der Waals surface area contributed by atoms with Crippen molar-refractivity contribution in [2.45, 2.75) is 33.6 Å². The van der Waals surface area contributed by atoms with Crippen molar-refractivity contribution < 1.29 is 13.2 Å². The summed E-state index contributed by atoms with van der Waals surface area (Å²) in [4.78, 5) is 0. The summed E-state index contributed by atoms with van der Waals surface area (Å²) in [7, 11) is 0. The molecule has 1 aliphatic carbocycles. The van der Waals surface area contributed by atoms with Gasteiger partial charge in [0.15, 0.2) is 17.5 Å². The summed E-state index contributed by atoms with van der Waals surface area (Å²) >= 11 is 0. The summed E-state index contributed by atoms with van der Waals surface area (Å²) in [6.07, 6.45) is 3.76. The highest BCUT2D eigenvalue weighted by Gasteiger charge is 2.17. The molecule has 1 aromatic rings. The average molecular weight is 242 g/mol. The van der Waals surface area contributed by atoms with Gasteiger partial charge in [-0.1, -0.05) is 26.8 Å². The lowest BCUT2D eigenvalue weighted by atomic mass is 10.1. The zero-order valence-corrected chi connectivity index (χ0v) is 10.4. The van der Waals surface area contributed by atoms with Crippen LogP contribution in [0, 0.1) is 23.4 Å². The first-order valence-corrected chi connectivity index (χ1v) is 5.93. The largest absolute Gasteiger partial charge is 0.204 e. The molecule has 0 aliphatic heterocycles. The minimum Gasteiger partial charge on any atom is -0.204 e. The van der Waals surface area contributed by atoms with Crippen molar-refractivity contribution in [1.29, 1.82) is 0 Å². The summed E-state index contributed by atoms with van der Waals surface area (Å²) in [5, 5.41) is 0. The molecule has 1 aliphatic rings. The molecule has 3 heteroatoms. The van der Waals surface area contributed by atoms with E-state index >= 15 is 0 Å². The average Bonchev–Trinajstić information content (AvgIpc) is 2.75. The van der Waals surface area contributed by atoms with Crippen LogP contribution in [0.3, 0.4) is 0 Å². The van der Waals surface area contributed by atoms with Crippen molar-refractivity contribution in [2.24, 2.45) is 5.92 Å². The van der Waals surface area contributed by atoms with Gasteiger partial charge < -0.3 is 0 Å². The summed E-state index contributed by atoms with van der Waals surface area (Å²) in [6.45, 7) is 6.04. The maximum absolute atomic E-state index is 12.9. The lowest BCUT2D eigenvalue weighted by Gasteiger charge is -2.03. The number of rotatable bonds is 1. The van der Waals surface area contributed by atoms with Gasteiger partial charge in [-0.2, -0.15) is 0 Å². The predicted octanol–water partition coefficient (Wildman–Crippen LogP) is 4.94. The van der Waals surface area contributed by atoms with Crippen LogP contribution in [0.25, 0.3) is 5.57 Å². The van der Waals surface area contributed by atoms with Crippen molar-refractivity contribution in [2.75, 3.05) is 0 Å². The number of benzene rings is 1. The Balaban J connectivity index is 0.000000686. The van der Waals surface area contributed by atoms with E-state index in [-0.39, 0.29) is 0 Å². The summed E-state index contributed by atoms with van der Waals surface area (Å²) in [6, 6.07) is 2.12. The number of halogens is 3. The molecule has 0 radical (unpaired) electrons. The van der Waals surface area contributed by atoms with Gasteiger partial charge in [0.05, 0.1) is 0 Å². The molecule has 1 atom stereocenters. The monoisotopic (exact) mass is 242 g/mol. The Morgan fingerprint density at radius 1 is 1.06 bits per heavy atom. The van der Waals surface area contributed by atoms with E-state index < -0.39 is 17.5 Å². The lowest BCUT2D eigenvalue weighted by Crippen LogP contribution is -1.93. The maximum atomic E-state index is 12.9. The molecule has 0 fully saturated rings. The Morgan fingerprint density at radius 3 is 2.00 bits per heavy atom. The Labute approximate surface area is 100 Å². The van der Waals surface area contributed by atoms with Gasteiger partial charge in [-0.05, 0) is 42.0 Å². The van der Waals surface area contributed by atoms with E-state index in [1.165, 1.54) is 0 Å². The van der Waals surface area contributed by atoms with Crippen LogP contribution in [-0.2, 0) is 0 Å². The van der Waals surface area contributed by atoms with Gasteiger partial charge in [0.2, 0.25) is 0 Å². The third-order valence-electron chi connectivity index (χ3n) is 2.71. The molecule has 0 saturated carbocycles. The van der Waals surface area contributed by atoms with E-state index in [2.05, 4.69) is 0 Å². The normalized spacial score (nSPS) is 18.5. The molecule has 0 aromatic heterocycles. The van der Waals surface area contributed by atoms with Crippen LogP contribution >= 0.6 is 0 Å². The van der Waals surface area contributed by atoms with E-state index in [1.807, 2.05) is 26.8 Å². The molecule has 0 saturated heterocycles. The minimum absolute atomic E-state index is 0.427. The summed E-state index contributed by atoms with van der Waals surface area (Å²) in [5.41, 5.74) is 1.36. The van der Waals surface area contributed by atoms with Crippen LogP contribution in [0.1, 0.15) is 39.2 Å². The van der Waals surface area contributed by atoms with Gasteiger partial charge in [-0.25, -0.2) is 13.2 Å². The Morgan fingerprint density at radius 2 is 1.59 bits per heavy atom. The highest BCUT2D eigenvalue weighted by molar-refractivity contribution is 5.67. The topological polar surface area (TPSA) is 0 Å². The van der Waals surface area contributed by atoms with Crippen LogP contribution in [-0.4, -0.2) is 0 Å². The first-order valence-electron chi connectivity index (χ1n) is 5.93. The smallest absolute Gasteiger partial charge is 0.194 e. The fraction of sp³-hybridized carbons (Fsp3) is 0.429. The second-order valence-electron chi connectivity index (χ2n) is 3.96. The number of hydrogen-bond donors (Lipinski definition) is 0. The quantitative estimate of drug-likeness (QED) is 0.612. The second kappa shape index (κ2) is 5.89. The molecule has 94 valence electrons.